The third-order valence-corrected chi connectivity index (χ3v) is 4.45. The fourth-order valence-corrected chi connectivity index (χ4v) is 3.03. The predicted octanol–water partition coefficient (Wildman–Crippen LogP) is 2.91. The third kappa shape index (κ3) is 7.85. The van der Waals surface area contributed by atoms with Crippen LogP contribution in [-0.4, -0.2) is 55.9 Å². The zero-order valence-corrected chi connectivity index (χ0v) is 19.0. The number of allylic oxidation sites excluding steroid dienone is 2. The number of dihydropyridines is 1. The van der Waals surface area contributed by atoms with E-state index in [9.17, 15) is 29.8 Å². The maximum atomic E-state index is 12.2. The number of hydrogen-bond acceptors (Lipinski definition) is 13. The van der Waals surface area contributed by atoms with Gasteiger partial charge in [-0.05, 0) is 19.4 Å². The van der Waals surface area contributed by atoms with Crippen molar-refractivity contribution in [1.29, 1.82) is 0 Å². The van der Waals surface area contributed by atoms with Gasteiger partial charge in [-0.3, -0.25) is 10.1 Å². The van der Waals surface area contributed by atoms with Gasteiger partial charge < -0.3 is 33.8 Å². The van der Waals surface area contributed by atoms with Crippen molar-refractivity contribution in [2.75, 3.05) is 33.5 Å². The average Bonchev–Trinajstić information content (AvgIpc) is 2.80. The van der Waals surface area contributed by atoms with Crippen LogP contribution in [0.4, 0.5) is 15.3 Å². The van der Waals surface area contributed by atoms with Crippen LogP contribution in [0.2, 0.25) is 0 Å². The molecule has 1 aromatic carbocycles. The van der Waals surface area contributed by atoms with E-state index in [2.05, 4.69) is 10.2 Å². The number of carbonyl (C=O) groups is 2. The summed E-state index contributed by atoms with van der Waals surface area (Å²) >= 11 is 0. The van der Waals surface area contributed by atoms with Crippen molar-refractivity contribution in [3.63, 3.8) is 0 Å². The molecule has 0 amide bonds. The number of nitrogens with zero attached hydrogens (tertiary/aromatic N) is 2. The van der Waals surface area contributed by atoms with Gasteiger partial charge in [0.15, 0.2) is 0 Å². The Morgan fingerprint density at radius 3 is 2.03 bits per heavy atom. The van der Waals surface area contributed by atoms with Crippen molar-refractivity contribution in [1.82, 2.24) is 5.32 Å². The van der Waals surface area contributed by atoms with Crippen LogP contribution in [0.25, 0.3) is 0 Å². The first kappa shape index (κ1) is 26.8. The first-order chi connectivity index (χ1) is 16.6. The topological polar surface area (TPSA) is 188 Å². The van der Waals surface area contributed by atoms with Gasteiger partial charge in [-0.15, -0.1) is 10.1 Å². The zero-order valence-electron chi connectivity index (χ0n) is 19.0. The lowest BCUT2D eigenvalue weighted by Crippen LogP contribution is -2.29. The van der Waals surface area contributed by atoms with E-state index in [4.69, 9.17) is 23.7 Å². The smallest absolute Gasteiger partial charge is 0.432 e. The Bertz CT molecular complexity index is 1040. The fraction of sp³-hybridized carbons (Fsp3) is 0.400. The largest absolute Gasteiger partial charge is 0.513 e. The molecule has 0 fully saturated rings. The van der Waals surface area contributed by atoms with Crippen LogP contribution in [0.3, 0.4) is 0 Å². The second-order valence-corrected chi connectivity index (χ2v) is 6.84. The highest BCUT2D eigenvalue weighted by Crippen LogP contribution is 2.40. The Balaban J connectivity index is 2.35. The number of benzene rings is 1. The molecule has 2 rings (SSSR count). The minimum Gasteiger partial charge on any atom is -0.432 e. The van der Waals surface area contributed by atoms with Crippen LogP contribution >= 0.6 is 0 Å². The van der Waals surface area contributed by atoms with Gasteiger partial charge >= 0.3 is 12.3 Å². The Labute approximate surface area is 198 Å². The molecule has 1 N–H and O–H groups in total. The van der Waals surface area contributed by atoms with E-state index in [1.807, 2.05) is 0 Å². The monoisotopic (exact) mass is 497 g/mol. The molecular formula is C20H23N3O12. The molecule has 1 aliphatic heterocycles. The highest BCUT2D eigenvalue weighted by Gasteiger charge is 2.36. The van der Waals surface area contributed by atoms with Gasteiger partial charge in [0, 0.05) is 19.2 Å². The molecule has 0 aromatic heterocycles. The fourth-order valence-electron chi connectivity index (χ4n) is 3.03. The van der Waals surface area contributed by atoms with Crippen molar-refractivity contribution in [2.24, 2.45) is 0 Å². The number of hydrogen-bond donors (Lipinski definition) is 1. The van der Waals surface area contributed by atoms with Gasteiger partial charge in [0.2, 0.25) is 0 Å². The number of nitro groups is 1. The minimum atomic E-state index is -1.23. The number of non-ortho nitro benzene ring substituents is 1. The van der Waals surface area contributed by atoms with Crippen LogP contribution in [-0.2, 0) is 28.5 Å². The van der Waals surface area contributed by atoms with Crippen LogP contribution in [0, 0.1) is 20.2 Å². The molecule has 0 spiro atoms. The lowest BCUT2D eigenvalue weighted by molar-refractivity contribution is -0.757. The molecule has 15 heteroatoms. The van der Waals surface area contributed by atoms with Gasteiger partial charge in [0.25, 0.3) is 10.8 Å². The second-order valence-electron chi connectivity index (χ2n) is 6.84. The van der Waals surface area contributed by atoms with Crippen molar-refractivity contribution >= 4 is 18.0 Å². The van der Waals surface area contributed by atoms with Crippen molar-refractivity contribution in [2.45, 2.75) is 19.8 Å². The van der Waals surface area contributed by atoms with Gasteiger partial charge in [-0.2, -0.15) is 0 Å². The summed E-state index contributed by atoms with van der Waals surface area (Å²) in [4.78, 5) is 49.4. The highest BCUT2D eigenvalue weighted by molar-refractivity contribution is 5.65. The average molecular weight is 497 g/mol. The molecule has 35 heavy (non-hydrogen) atoms. The second kappa shape index (κ2) is 12.7. The number of carbonyl (C=O) groups excluding carboxylic acids is 2. The molecule has 1 aliphatic rings. The molecule has 0 saturated heterocycles. The number of rotatable bonds is 11. The zero-order chi connectivity index (χ0) is 26.0. The lowest BCUT2D eigenvalue weighted by atomic mass is 9.90. The summed E-state index contributed by atoms with van der Waals surface area (Å²) < 4.78 is 25.2. The SMILES string of the molecule is COCCOC(=O)OC1=C(C)NC(C)=C(OC(=O)OCCO[N+](=O)[O-])C1c1cccc([N+](=O)[O-])c1. The van der Waals surface area contributed by atoms with Crippen LogP contribution < -0.4 is 5.32 Å². The summed E-state index contributed by atoms with van der Waals surface area (Å²) in [5, 5.41) is 23.4. The van der Waals surface area contributed by atoms with E-state index in [0.717, 1.165) is 0 Å². The molecular weight excluding hydrogens is 474 g/mol. The highest BCUT2D eigenvalue weighted by atomic mass is 17.0. The summed E-state index contributed by atoms with van der Waals surface area (Å²) in [6.45, 7) is 2.17. The first-order valence-corrected chi connectivity index (χ1v) is 10.0. The van der Waals surface area contributed by atoms with E-state index in [1.54, 1.807) is 13.8 Å². The lowest BCUT2D eigenvalue weighted by Gasteiger charge is -2.30. The number of methoxy groups -OCH3 is 1. The summed E-state index contributed by atoms with van der Waals surface area (Å²) in [7, 11) is 1.42. The maximum Gasteiger partial charge on any atom is 0.513 e. The Kier molecular flexibility index (Phi) is 9.77. The quantitative estimate of drug-likeness (QED) is 0.203. The minimum absolute atomic E-state index is 0.0435. The molecule has 15 nitrogen and oxygen atoms in total. The first-order valence-electron chi connectivity index (χ1n) is 10.0. The molecule has 1 unspecified atom stereocenters. The van der Waals surface area contributed by atoms with Gasteiger partial charge in [-0.1, -0.05) is 12.1 Å². The van der Waals surface area contributed by atoms with Gasteiger partial charge in [0.05, 0.1) is 22.9 Å². The summed E-state index contributed by atoms with van der Waals surface area (Å²) in [5.41, 5.74) is 0.677. The molecule has 0 radical (unpaired) electrons. The van der Waals surface area contributed by atoms with Crippen LogP contribution in [0.15, 0.2) is 47.2 Å². The standard InChI is InChI=1S/C20H23N3O12/c1-12-17(34-19(24)31-8-7-30-3)16(14-5-4-6-15(11-14)22(26)27)18(13(2)21-12)35-20(25)32-9-10-33-23(28)29/h4-6,11,16,21H,7-10H2,1-3H3. The predicted molar refractivity (Wildman–Crippen MR) is 114 cm³/mol. The molecule has 0 saturated carbocycles. The molecule has 1 atom stereocenters. The van der Waals surface area contributed by atoms with E-state index >= 15 is 0 Å². The molecule has 1 heterocycles. The Hall–Kier alpha value is -4.40. The van der Waals surface area contributed by atoms with Gasteiger partial charge in [-0.25, -0.2) is 9.59 Å². The normalized spacial score (nSPS) is 15.1. The van der Waals surface area contributed by atoms with Crippen LogP contribution in [0.5, 0.6) is 0 Å². The summed E-state index contributed by atoms with van der Waals surface area (Å²) in [6.07, 6.45) is -2.31. The van der Waals surface area contributed by atoms with E-state index in [0.29, 0.717) is 11.4 Å². The molecule has 0 aliphatic carbocycles. The molecule has 1 aromatic rings. The van der Waals surface area contributed by atoms with Gasteiger partial charge in [0.1, 0.15) is 37.3 Å². The number of ether oxygens (including phenoxy) is 5. The Morgan fingerprint density at radius 2 is 1.51 bits per heavy atom. The maximum absolute atomic E-state index is 12.2. The van der Waals surface area contributed by atoms with E-state index < -0.39 is 41.5 Å². The summed E-state index contributed by atoms with van der Waals surface area (Å²) in [6, 6.07) is 5.43. The van der Waals surface area contributed by atoms with Crippen molar-refractivity contribution in [3.8, 4) is 0 Å². The van der Waals surface area contributed by atoms with Crippen molar-refractivity contribution < 1.29 is 48.1 Å². The van der Waals surface area contributed by atoms with Crippen molar-refractivity contribution in [3.05, 3.63) is 73.0 Å². The van der Waals surface area contributed by atoms with E-state index in [1.165, 1.54) is 31.4 Å². The Morgan fingerprint density at radius 1 is 0.943 bits per heavy atom. The third-order valence-electron chi connectivity index (χ3n) is 4.45. The number of nitro benzene ring substituents is 1. The van der Waals surface area contributed by atoms with Crippen LogP contribution in [0.1, 0.15) is 25.3 Å². The number of nitrogens with one attached hydrogen (secondary N) is 1. The molecule has 0 bridgehead atoms. The van der Waals surface area contributed by atoms with E-state index in [-0.39, 0.29) is 36.0 Å². The molecule has 190 valence electrons. The summed E-state index contributed by atoms with van der Waals surface area (Å²) in [5.74, 6) is -1.22.